The Hall–Kier alpha value is -1.11. The molecule has 0 aliphatic carbocycles. The summed E-state index contributed by atoms with van der Waals surface area (Å²) in [4.78, 5) is 0.209. The molecule has 19 heavy (non-hydrogen) atoms. The maximum Gasteiger partial charge on any atom is 0.242 e. The van der Waals surface area contributed by atoms with Crippen LogP contribution in [-0.4, -0.2) is 32.7 Å². The lowest BCUT2D eigenvalue weighted by atomic mass is 10.2. The first-order valence-electron chi connectivity index (χ1n) is 6.51. The summed E-state index contributed by atoms with van der Waals surface area (Å²) >= 11 is 0. The summed E-state index contributed by atoms with van der Waals surface area (Å²) in [5, 5.41) is 12.7. The quantitative estimate of drug-likeness (QED) is 0.677. The standard InChI is InChI=1S/C13H22N2O3S/c1-3-7-11(16)10-14-12-8-5-6-9-13(12)19(17,18)15-4-2/h5-6,8-9,11,14-16H,3-4,7,10H2,1-2H3. The van der Waals surface area contributed by atoms with Crippen molar-refractivity contribution in [3.63, 3.8) is 0 Å². The molecule has 0 amide bonds. The van der Waals surface area contributed by atoms with Gasteiger partial charge >= 0.3 is 0 Å². The van der Waals surface area contributed by atoms with E-state index in [9.17, 15) is 13.5 Å². The van der Waals surface area contributed by atoms with Crippen molar-refractivity contribution in [2.24, 2.45) is 0 Å². The predicted molar refractivity (Wildman–Crippen MR) is 76.7 cm³/mol. The molecule has 108 valence electrons. The number of nitrogens with one attached hydrogen (secondary N) is 2. The van der Waals surface area contributed by atoms with E-state index >= 15 is 0 Å². The van der Waals surface area contributed by atoms with Gasteiger partial charge in [-0.1, -0.05) is 32.4 Å². The van der Waals surface area contributed by atoms with Crippen molar-refractivity contribution in [3.05, 3.63) is 24.3 Å². The van der Waals surface area contributed by atoms with Gasteiger partial charge in [0.25, 0.3) is 0 Å². The molecule has 0 radical (unpaired) electrons. The Morgan fingerprint density at radius 1 is 1.26 bits per heavy atom. The maximum absolute atomic E-state index is 12.0. The van der Waals surface area contributed by atoms with Crippen LogP contribution in [0.5, 0.6) is 0 Å². The van der Waals surface area contributed by atoms with Crippen molar-refractivity contribution in [1.29, 1.82) is 0 Å². The van der Waals surface area contributed by atoms with Crippen molar-refractivity contribution in [3.8, 4) is 0 Å². The van der Waals surface area contributed by atoms with Crippen LogP contribution in [0.2, 0.25) is 0 Å². The average molecular weight is 286 g/mol. The monoisotopic (exact) mass is 286 g/mol. The van der Waals surface area contributed by atoms with E-state index in [1.54, 1.807) is 31.2 Å². The molecule has 0 aliphatic heterocycles. The lowest BCUT2D eigenvalue weighted by Gasteiger charge is -2.15. The summed E-state index contributed by atoms with van der Waals surface area (Å²) < 4.78 is 26.5. The van der Waals surface area contributed by atoms with Crippen LogP contribution in [0.3, 0.4) is 0 Å². The third-order valence-corrected chi connectivity index (χ3v) is 4.26. The van der Waals surface area contributed by atoms with Crippen molar-refractivity contribution in [2.75, 3.05) is 18.4 Å². The summed E-state index contributed by atoms with van der Waals surface area (Å²) in [6.45, 7) is 4.41. The number of sulfonamides is 1. The minimum Gasteiger partial charge on any atom is -0.391 e. The van der Waals surface area contributed by atoms with E-state index < -0.39 is 16.1 Å². The Kier molecular flexibility index (Phi) is 6.27. The van der Waals surface area contributed by atoms with Crippen LogP contribution in [-0.2, 0) is 10.0 Å². The third-order valence-electron chi connectivity index (χ3n) is 2.66. The largest absolute Gasteiger partial charge is 0.391 e. The third kappa shape index (κ3) is 4.81. The summed E-state index contributed by atoms with van der Waals surface area (Å²) in [7, 11) is -3.50. The molecule has 6 heteroatoms. The molecule has 0 bridgehead atoms. The van der Waals surface area contributed by atoms with Gasteiger partial charge in [-0.05, 0) is 18.6 Å². The van der Waals surface area contributed by atoms with E-state index in [0.717, 1.165) is 6.42 Å². The Morgan fingerprint density at radius 3 is 2.58 bits per heavy atom. The minimum absolute atomic E-state index is 0.209. The molecule has 1 unspecified atom stereocenters. The van der Waals surface area contributed by atoms with E-state index in [4.69, 9.17) is 0 Å². The van der Waals surface area contributed by atoms with Crippen LogP contribution in [0, 0.1) is 0 Å². The number of aliphatic hydroxyl groups excluding tert-OH is 1. The fourth-order valence-electron chi connectivity index (χ4n) is 1.78. The van der Waals surface area contributed by atoms with Gasteiger partial charge < -0.3 is 10.4 Å². The van der Waals surface area contributed by atoms with Gasteiger partial charge in [-0.25, -0.2) is 13.1 Å². The van der Waals surface area contributed by atoms with Gasteiger partial charge in [0.15, 0.2) is 0 Å². The van der Waals surface area contributed by atoms with Gasteiger partial charge in [-0.3, -0.25) is 0 Å². The summed E-state index contributed by atoms with van der Waals surface area (Å²) in [6.07, 6.45) is 1.11. The molecule has 1 aromatic rings. The Bertz CT molecular complexity index is 488. The van der Waals surface area contributed by atoms with Crippen LogP contribution >= 0.6 is 0 Å². The second kappa shape index (κ2) is 7.47. The number of hydrogen-bond acceptors (Lipinski definition) is 4. The predicted octanol–water partition coefficient (Wildman–Crippen LogP) is 1.56. The molecule has 0 saturated heterocycles. The number of benzene rings is 1. The highest BCUT2D eigenvalue weighted by molar-refractivity contribution is 7.89. The van der Waals surface area contributed by atoms with Crippen LogP contribution in [0.4, 0.5) is 5.69 Å². The van der Waals surface area contributed by atoms with E-state index in [-0.39, 0.29) is 4.90 Å². The van der Waals surface area contributed by atoms with Crippen molar-refractivity contribution >= 4 is 15.7 Å². The molecule has 0 fully saturated rings. The van der Waals surface area contributed by atoms with E-state index in [1.807, 2.05) is 6.92 Å². The minimum atomic E-state index is -3.50. The molecule has 1 aromatic carbocycles. The second-order valence-electron chi connectivity index (χ2n) is 4.32. The number of hydrogen-bond donors (Lipinski definition) is 3. The first-order valence-corrected chi connectivity index (χ1v) is 8.00. The molecule has 1 rings (SSSR count). The fraction of sp³-hybridized carbons (Fsp3) is 0.538. The molecule has 0 saturated carbocycles. The lowest BCUT2D eigenvalue weighted by Crippen LogP contribution is -2.25. The van der Waals surface area contributed by atoms with Crippen LogP contribution in [0.1, 0.15) is 26.7 Å². The van der Waals surface area contributed by atoms with Gasteiger partial charge in [0.05, 0.1) is 11.8 Å². The molecule has 5 nitrogen and oxygen atoms in total. The van der Waals surface area contributed by atoms with E-state index in [2.05, 4.69) is 10.0 Å². The molecule has 3 N–H and O–H groups in total. The zero-order chi connectivity index (χ0) is 14.3. The molecule has 1 atom stereocenters. The van der Waals surface area contributed by atoms with Gasteiger partial charge in [-0.2, -0.15) is 0 Å². The van der Waals surface area contributed by atoms with Gasteiger partial charge in [0, 0.05) is 13.1 Å². The number of anilines is 1. The Morgan fingerprint density at radius 2 is 1.95 bits per heavy atom. The highest BCUT2D eigenvalue weighted by Crippen LogP contribution is 2.20. The van der Waals surface area contributed by atoms with E-state index in [0.29, 0.717) is 25.2 Å². The zero-order valence-electron chi connectivity index (χ0n) is 11.4. The number of para-hydroxylation sites is 1. The molecule has 0 spiro atoms. The SMILES string of the molecule is CCCC(O)CNc1ccccc1S(=O)(=O)NCC. The van der Waals surface area contributed by atoms with Crippen molar-refractivity contribution in [2.45, 2.75) is 37.7 Å². The van der Waals surface area contributed by atoms with Gasteiger partial charge in [-0.15, -0.1) is 0 Å². The highest BCUT2D eigenvalue weighted by atomic mass is 32.2. The number of rotatable bonds is 8. The van der Waals surface area contributed by atoms with Crippen molar-refractivity contribution in [1.82, 2.24) is 4.72 Å². The molecule has 0 aliphatic rings. The van der Waals surface area contributed by atoms with E-state index in [1.165, 1.54) is 0 Å². The summed E-state index contributed by atoms with van der Waals surface area (Å²) in [6, 6.07) is 6.69. The number of aliphatic hydroxyl groups is 1. The van der Waals surface area contributed by atoms with Gasteiger partial charge in [0.1, 0.15) is 4.90 Å². The second-order valence-corrected chi connectivity index (χ2v) is 6.06. The Labute approximate surface area is 115 Å². The average Bonchev–Trinajstić information content (AvgIpc) is 2.37. The lowest BCUT2D eigenvalue weighted by molar-refractivity contribution is 0.176. The first kappa shape index (κ1) is 15.9. The Balaban J connectivity index is 2.85. The van der Waals surface area contributed by atoms with Crippen molar-refractivity contribution < 1.29 is 13.5 Å². The van der Waals surface area contributed by atoms with Crippen LogP contribution in [0.25, 0.3) is 0 Å². The topological polar surface area (TPSA) is 78.4 Å². The first-order chi connectivity index (χ1) is 9.01. The van der Waals surface area contributed by atoms with Gasteiger partial charge in [0.2, 0.25) is 10.0 Å². The molecule has 0 heterocycles. The molecule has 0 aromatic heterocycles. The maximum atomic E-state index is 12.0. The highest BCUT2D eigenvalue weighted by Gasteiger charge is 2.17. The molecular formula is C13H22N2O3S. The van der Waals surface area contributed by atoms with Crippen LogP contribution < -0.4 is 10.0 Å². The fourth-order valence-corrected chi connectivity index (χ4v) is 3.00. The van der Waals surface area contributed by atoms with Crippen LogP contribution in [0.15, 0.2) is 29.2 Å². The molecular weight excluding hydrogens is 264 g/mol. The summed E-state index contributed by atoms with van der Waals surface area (Å²) in [5.41, 5.74) is 0.513. The summed E-state index contributed by atoms with van der Waals surface area (Å²) in [5.74, 6) is 0. The smallest absolute Gasteiger partial charge is 0.242 e. The zero-order valence-corrected chi connectivity index (χ0v) is 12.2. The normalized spacial score (nSPS) is 13.2.